The van der Waals surface area contributed by atoms with Crippen LogP contribution in [0.2, 0.25) is 0 Å². The number of hydrogen-bond donors (Lipinski definition) is 0. The molecule has 0 amide bonds. The molecule has 12 aromatic rings. The lowest BCUT2D eigenvalue weighted by atomic mass is 9.83. The molecule has 0 saturated heterocycles. The molecule has 0 unspecified atom stereocenters. The van der Waals surface area contributed by atoms with Crippen LogP contribution in [0.5, 0.6) is 0 Å². The van der Waals surface area contributed by atoms with Crippen molar-refractivity contribution in [3.63, 3.8) is 0 Å². The maximum atomic E-state index is 6.76. The van der Waals surface area contributed by atoms with Gasteiger partial charge in [0.25, 0.3) is 0 Å². The normalized spacial score (nSPS) is 12.2. The highest BCUT2D eigenvalue weighted by Gasteiger charge is 2.27. The molecule has 57 heavy (non-hydrogen) atoms. The van der Waals surface area contributed by atoms with Crippen molar-refractivity contribution in [1.82, 2.24) is 9.97 Å². The number of para-hydroxylation sites is 4. The van der Waals surface area contributed by atoms with Crippen molar-refractivity contribution in [2.24, 2.45) is 0 Å². The fraction of sp³-hybridized carbons (Fsp3) is 0. The lowest BCUT2D eigenvalue weighted by Crippen LogP contribution is -1.93. The van der Waals surface area contributed by atoms with E-state index in [1.807, 2.05) is 30.3 Å². The zero-order valence-electron chi connectivity index (χ0n) is 30.6. The lowest BCUT2D eigenvalue weighted by Gasteiger charge is -2.20. The molecule has 13 rings (SSSR count). The summed E-state index contributed by atoms with van der Waals surface area (Å²) in [4.78, 5) is 10.3. The Morgan fingerprint density at radius 2 is 0.877 bits per heavy atom. The minimum atomic E-state index is 0.896. The zero-order valence-corrected chi connectivity index (χ0v) is 30.6. The molecule has 2 heterocycles. The fourth-order valence-corrected chi connectivity index (χ4v) is 9.74. The van der Waals surface area contributed by atoms with Crippen LogP contribution in [0.1, 0.15) is 0 Å². The Kier molecular flexibility index (Phi) is 6.16. The monoisotopic (exact) mass is 722 g/mol. The summed E-state index contributed by atoms with van der Waals surface area (Å²) in [7, 11) is 0. The van der Waals surface area contributed by atoms with Crippen LogP contribution in [0.3, 0.4) is 0 Å². The molecule has 0 radical (unpaired) electrons. The number of fused-ring (bicyclic) bond motifs is 10. The largest absolute Gasteiger partial charge is 0.455 e. The van der Waals surface area contributed by atoms with Gasteiger partial charge in [0.1, 0.15) is 11.2 Å². The molecule has 0 bridgehead atoms. The third-order valence-electron chi connectivity index (χ3n) is 12.2. The van der Waals surface area contributed by atoms with Crippen LogP contribution in [0.15, 0.2) is 186 Å². The molecule has 2 aromatic heterocycles. The number of furan rings is 1. The Balaban J connectivity index is 1.14. The third kappa shape index (κ3) is 4.26. The fourth-order valence-electron chi connectivity index (χ4n) is 9.74. The summed E-state index contributed by atoms with van der Waals surface area (Å²) in [5.74, 6) is 0. The van der Waals surface area contributed by atoms with Gasteiger partial charge in [0.05, 0.1) is 22.4 Å². The highest BCUT2D eigenvalue weighted by atomic mass is 16.3. The second kappa shape index (κ2) is 11.5. The summed E-state index contributed by atoms with van der Waals surface area (Å²) >= 11 is 0. The molecule has 0 atom stereocenters. The van der Waals surface area contributed by atoms with Crippen LogP contribution < -0.4 is 0 Å². The smallest absolute Gasteiger partial charge is 0.143 e. The Morgan fingerprint density at radius 1 is 0.333 bits per heavy atom. The molecule has 0 N–H and O–H groups in total. The Morgan fingerprint density at radius 3 is 1.68 bits per heavy atom. The molecular formula is C54H30N2O. The van der Waals surface area contributed by atoms with E-state index in [2.05, 4.69) is 152 Å². The van der Waals surface area contributed by atoms with Crippen LogP contribution in [0, 0.1) is 0 Å². The van der Waals surface area contributed by atoms with Crippen LogP contribution in [-0.4, -0.2) is 9.97 Å². The second-order valence-electron chi connectivity index (χ2n) is 15.2. The van der Waals surface area contributed by atoms with Gasteiger partial charge >= 0.3 is 0 Å². The third-order valence-corrected chi connectivity index (χ3v) is 12.2. The summed E-state index contributed by atoms with van der Waals surface area (Å²) in [6.45, 7) is 0. The van der Waals surface area contributed by atoms with Gasteiger partial charge in [-0.25, -0.2) is 9.97 Å². The van der Waals surface area contributed by atoms with E-state index in [1.54, 1.807) is 0 Å². The van der Waals surface area contributed by atoms with Gasteiger partial charge in [-0.05, 0) is 84.2 Å². The Labute approximate surface area is 327 Å². The predicted octanol–water partition coefficient (Wildman–Crippen LogP) is 14.8. The van der Waals surface area contributed by atoms with Crippen molar-refractivity contribution in [2.75, 3.05) is 0 Å². The van der Waals surface area contributed by atoms with Gasteiger partial charge in [0.15, 0.2) is 0 Å². The summed E-state index contributed by atoms with van der Waals surface area (Å²) < 4.78 is 6.76. The van der Waals surface area contributed by atoms with Crippen molar-refractivity contribution < 1.29 is 4.42 Å². The highest BCUT2D eigenvalue weighted by molar-refractivity contribution is 6.27. The van der Waals surface area contributed by atoms with E-state index in [4.69, 9.17) is 14.4 Å². The molecule has 10 aromatic carbocycles. The molecule has 3 nitrogen and oxygen atoms in total. The minimum Gasteiger partial charge on any atom is -0.455 e. The van der Waals surface area contributed by atoms with Crippen molar-refractivity contribution in [3.05, 3.63) is 182 Å². The highest BCUT2D eigenvalue weighted by Crippen LogP contribution is 2.51. The van der Waals surface area contributed by atoms with Crippen LogP contribution >= 0.6 is 0 Å². The second-order valence-corrected chi connectivity index (χ2v) is 15.2. The van der Waals surface area contributed by atoms with Gasteiger partial charge in [0, 0.05) is 38.4 Å². The molecule has 262 valence electrons. The standard InChI is InChI=1S/C54H30N2O/c1-2-14-33-31(12-1)13-9-18-36(33)49-38-16-3-4-17-39(38)51(44-22-11-20-41-35-15-5-8-25-48(35)57-54(41)44)45-30-32(26-27-40(45)49)34-28-29-43-50-37(34)19-10-21-42(50)52-53(43)56-47-24-7-6-23-46(47)55-52/h1-30H. The molecule has 1 aliphatic rings. The predicted molar refractivity (Wildman–Crippen MR) is 238 cm³/mol. The van der Waals surface area contributed by atoms with E-state index in [-0.39, 0.29) is 0 Å². The number of aromatic nitrogens is 2. The van der Waals surface area contributed by atoms with E-state index >= 15 is 0 Å². The average molecular weight is 723 g/mol. The maximum Gasteiger partial charge on any atom is 0.143 e. The van der Waals surface area contributed by atoms with Crippen LogP contribution in [0.4, 0.5) is 0 Å². The molecule has 0 saturated carbocycles. The van der Waals surface area contributed by atoms with Crippen LogP contribution in [0.25, 0.3) is 132 Å². The van der Waals surface area contributed by atoms with E-state index < -0.39 is 0 Å². The zero-order chi connectivity index (χ0) is 37.2. The van der Waals surface area contributed by atoms with Crippen molar-refractivity contribution in [2.45, 2.75) is 0 Å². The van der Waals surface area contributed by atoms with Gasteiger partial charge in [-0.1, -0.05) is 158 Å². The first kappa shape index (κ1) is 30.7. The van der Waals surface area contributed by atoms with E-state index in [0.29, 0.717) is 0 Å². The van der Waals surface area contributed by atoms with Gasteiger partial charge in [-0.3, -0.25) is 0 Å². The quantitative estimate of drug-likeness (QED) is 0.170. The van der Waals surface area contributed by atoms with Gasteiger partial charge < -0.3 is 4.42 Å². The van der Waals surface area contributed by atoms with E-state index in [1.165, 1.54) is 65.3 Å². The Hall–Kier alpha value is -7.62. The molecule has 0 fully saturated rings. The summed E-state index contributed by atoms with van der Waals surface area (Å²) in [5, 5.41) is 11.9. The summed E-state index contributed by atoms with van der Waals surface area (Å²) in [6.07, 6.45) is 0. The minimum absolute atomic E-state index is 0.896. The lowest BCUT2D eigenvalue weighted by molar-refractivity contribution is 0.670. The average Bonchev–Trinajstić information content (AvgIpc) is 3.81. The van der Waals surface area contributed by atoms with Gasteiger partial charge in [0.2, 0.25) is 0 Å². The number of nitrogens with zero attached hydrogens (tertiary/aromatic N) is 2. The number of hydrogen-bond acceptors (Lipinski definition) is 3. The molecule has 1 aliphatic carbocycles. The topological polar surface area (TPSA) is 38.9 Å². The molecular weight excluding hydrogens is 693 g/mol. The van der Waals surface area contributed by atoms with Crippen molar-refractivity contribution >= 4 is 76.1 Å². The molecule has 0 spiro atoms. The first-order valence-electron chi connectivity index (χ1n) is 19.5. The van der Waals surface area contributed by atoms with Crippen LogP contribution in [-0.2, 0) is 0 Å². The van der Waals surface area contributed by atoms with Gasteiger partial charge in [-0.2, -0.15) is 0 Å². The van der Waals surface area contributed by atoms with E-state index in [9.17, 15) is 0 Å². The summed E-state index contributed by atoms with van der Waals surface area (Å²) in [6, 6.07) is 65.6. The van der Waals surface area contributed by atoms with Gasteiger partial charge in [-0.15, -0.1) is 0 Å². The Bertz CT molecular complexity index is 3650. The number of benzene rings is 10. The molecule has 3 heteroatoms. The summed E-state index contributed by atoms with van der Waals surface area (Å²) in [5.41, 5.74) is 14.9. The molecule has 0 aliphatic heterocycles. The first-order chi connectivity index (χ1) is 28.3. The van der Waals surface area contributed by atoms with Crippen molar-refractivity contribution in [3.8, 4) is 55.9 Å². The SMILES string of the molecule is c1ccc2c(-c3c4ccccc4c(-c4cccc5c4oc4ccccc45)c4cc(-c5ccc6c7c(cccc57)-c5nc7ccccc7nc5-6)ccc34)cccc2c1. The van der Waals surface area contributed by atoms with E-state index in [0.717, 1.165) is 66.6 Å². The maximum absolute atomic E-state index is 6.76. The first-order valence-corrected chi connectivity index (χ1v) is 19.5. The van der Waals surface area contributed by atoms with Crippen molar-refractivity contribution in [1.29, 1.82) is 0 Å². The number of rotatable bonds is 3.